The molecule has 0 bridgehead atoms. The molecule has 4 nitrogen and oxygen atoms in total. The quantitative estimate of drug-likeness (QED) is 0.834. The maximum Gasteiger partial charge on any atom is 0.243 e. The number of likely N-dealkylation sites (N-methyl/N-ethyl adjacent to an activating group) is 1. The summed E-state index contributed by atoms with van der Waals surface area (Å²) in [5.41, 5.74) is -0.0316. The Bertz CT molecular complexity index is 299. The van der Waals surface area contributed by atoms with Crippen LogP contribution in [0.5, 0.6) is 0 Å². The second-order valence-corrected chi connectivity index (χ2v) is 6.51. The number of nitrogens with one attached hydrogen (secondary N) is 1. The maximum atomic E-state index is 12.1. The van der Waals surface area contributed by atoms with E-state index in [-0.39, 0.29) is 23.3 Å². The van der Waals surface area contributed by atoms with Gasteiger partial charge < -0.3 is 10.2 Å². The number of thioether (sulfide) groups is 1. The average molecular weight is 258 g/mol. The molecular weight excluding hydrogens is 236 g/mol. The minimum absolute atomic E-state index is 0.0280. The van der Waals surface area contributed by atoms with E-state index >= 15 is 0 Å². The normalized spacial score (nSPS) is 20.5. The van der Waals surface area contributed by atoms with Crippen LogP contribution in [0, 0.1) is 5.41 Å². The molecule has 0 radical (unpaired) electrons. The summed E-state index contributed by atoms with van der Waals surface area (Å²) in [7, 11) is 0. The first-order valence-corrected chi connectivity index (χ1v) is 7.15. The van der Waals surface area contributed by atoms with E-state index in [0.717, 1.165) is 0 Å². The summed E-state index contributed by atoms with van der Waals surface area (Å²) in [5, 5.41) is 2.79. The summed E-state index contributed by atoms with van der Waals surface area (Å²) in [6.45, 7) is 8.61. The molecule has 1 rings (SSSR count). The van der Waals surface area contributed by atoms with Crippen LogP contribution in [0.3, 0.4) is 0 Å². The summed E-state index contributed by atoms with van der Waals surface area (Å²) < 4.78 is 0. The predicted octanol–water partition coefficient (Wildman–Crippen LogP) is 1.46. The molecule has 0 aromatic rings. The van der Waals surface area contributed by atoms with Crippen molar-refractivity contribution < 1.29 is 9.59 Å². The van der Waals surface area contributed by atoms with E-state index in [1.54, 1.807) is 16.7 Å². The molecule has 1 saturated heterocycles. The highest BCUT2D eigenvalue weighted by Gasteiger charge is 2.35. The lowest BCUT2D eigenvalue weighted by atomic mass is 9.91. The zero-order valence-corrected chi connectivity index (χ0v) is 11.9. The number of rotatable bonds is 3. The molecule has 1 N–H and O–H groups in total. The van der Waals surface area contributed by atoms with E-state index in [2.05, 4.69) is 5.32 Å². The molecule has 1 atom stereocenters. The van der Waals surface area contributed by atoms with Crippen LogP contribution < -0.4 is 5.32 Å². The smallest absolute Gasteiger partial charge is 0.243 e. The third-order valence-electron chi connectivity index (χ3n) is 2.54. The number of nitrogens with zero attached hydrogens (tertiary/aromatic N) is 1. The first-order chi connectivity index (χ1) is 7.85. The van der Waals surface area contributed by atoms with Crippen molar-refractivity contribution in [3.8, 4) is 0 Å². The molecule has 17 heavy (non-hydrogen) atoms. The minimum atomic E-state index is -0.283. The fourth-order valence-corrected chi connectivity index (χ4v) is 2.93. The van der Waals surface area contributed by atoms with Gasteiger partial charge in [-0.05, 0) is 12.3 Å². The predicted molar refractivity (Wildman–Crippen MR) is 70.7 cm³/mol. The van der Waals surface area contributed by atoms with Gasteiger partial charge in [0.2, 0.25) is 11.8 Å². The van der Waals surface area contributed by atoms with E-state index in [9.17, 15) is 9.59 Å². The van der Waals surface area contributed by atoms with Crippen LogP contribution in [0.1, 0.15) is 34.1 Å². The van der Waals surface area contributed by atoms with Crippen LogP contribution in [-0.4, -0.2) is 40.9 Å². The number of hydrogen-bond acceptors (Lipinski definition) is 3. The van der Waals surface area contributed by atoms with E-state index in [1.165, 1.54) is 0 Å². The molecule has 0 spiro atoms. The van der Waals surface area contributed by atoms with E-state index in [0.29, 0.717) is 24.6 Å². The fourth-order valence-electron chi connectivity index (χ4n) is 1.75. The lowest BCUT2D eigenvalue weighted by Crippen LogP contribution is -2.47. The Kier molecular flexibility index (Phi) is 4.86. The van der Waals surface area contributed by atoms with Gasteiger partial charge in [-0.25, -0.2) is 0 Å². The van der Waals surface area contributed by atoms with E-state index in [1.807, 2.05) is 27.7 Å². The molecule has 0 unspecified atom stereocenters. The Labute approximate surface area is 108 Å². The average Bonchev–Trinajstić information content (AvgIpc) is 2.63. The Morgan fingerprint density at radius 2 is 2.06 bits per heavy atom. The molecular formula is C12H22N2O2S. The van der Waals surface area contributed by atoms with E-state index in [4.69, 9.17) is 0 Å². The van der Waals surface area contributed by atoms with Gasteiger partial charge in [0, 0.05) is 18.7 Å². The Balaban J connectivity index is 2.63. The summed E-state index contributed by atoms with van der Waals surface area (Å²) in [4.78, 5) is 25.6. The van der Waals surface area contributed by atoms with Crippen LogP contribution in [0.4, 0.5) is 0 Å². The molecule has 0 aliphatic carbocycles. The van der Waals surface area contributed by atoms with Gasteiger partial charge in [-0.15, -0.1) is 11.8 Å². The third kappa shape index (κ3) is 4.22. The monoisotopic (exact) mass is 258 g/mol. The molecule has 5 heteroatoms. The number of amides is 2. The Morgan fingerprint density at radius 3 is 2.59 bits per heavy atom. The van der Waals surface area contributed by atoms with Crippen LogP contribution in [0.25, 0.3) is 0 Å². The summed E-state index contributed by atoms with van der Waals surface area (Å²) >= 11 is 1.64. The van der Waals surface area contributed by atoms with Crippen molar-refractivity contribution in [3.05, 3.63) is 0 Å². The minimum Gasteiger partial charge on any atom is -0.355 e. The summed E-state index contributed by atoms with van der Waals surface area (Å²) in [5.74, 6) is 1.40. The standard InChI is InChI=1S/C12H22N2O2S/c1-5-13-11(16)9-7-17-8-14(9)10(15)6-12(2,3)4/h9H,5-8H2,1-4H3,(H,13,16)/t9-/m0/s1. The maximum absolute atomic E-state index is 12.1. The van der Waals surface area contributed by atoms with Crippen LogP contribution in [0.15, 0.2) is 0 Å². The van der Waals surface area contributed by atoms with Gasteiger partial charge in [-0.3, -0.25) is 9.59 Å². The van der Waals surface area contributed by atoms with Gasteiger partial charge in [-0.1, -0.05) is 20.8 Å². The van der Waals surface area contributed by atoms with Crippen molar-refractivity contribution in [1.82, 2.24) is 10.2 Å². The first-order valence-electron chi connectivity index (χ1n) is 6.00. The van der Waals surface area contributed by atoms with Gasteiger partial charge in [0.25, 0.3) is 0 Å². The molecule has 0 aromatic carbocycles. The van der Waals surface area contributed by atoms with Gasteiger partial charge in [-0.2, -0.15) is 0 Å². The zero-order valence-electron chi connectivity index (χ0n) is 11.1. The van der Waals surface area contributed by atoms with Crippen LogP contribution in [0.2, 0.25) is 0 Å². The summed E-state index contributed by atoms with van der Waals surface area (Å²) in [6, 6.07) is -0.283. The lowest BCUT2D eigenvalue weighted by molar-refractivity contribution is -0.139. The largest absolute Gasteiger partial charge is 0.355 e. The second-order valence-electron chi connectivity index (χ2n) is 5.51. The van der Waals surface area contributed by atoms with Crippen molar-refractivity contribution in [2.45, 2.75) is 40.2 Å². The van der Waals surface area contributed by atoms with Crippen molar-refractivity contribution >= 4 is 23.6 Å². The number of carbonyl (C=O) groups excluding carboxylic acids is 2. The fraction of sp³-hybridized carbons (Fsp3) is 0.833. The molecule has 1 fully saturated rings. The van der Waals surface area contributed by atoms with Gasteiger partial charge in [0.1, 0.15) is 6.04 Å². The topological polar surface area (TPSA) is 49.4 Å². The van der Waals surface area contributed by atoms with E-state index < -0.39 is 0 Å². The highest BCUT2D eigenvalue weighted by Crippen LogP contribution is 2.26. The molecule has 1 aliphatic heterocycles. The molecule has 0 aromatic heterocycles. The lowest BCUT2D eigenvalue weighted by Gasteiger charge is -2.26. The van der Waals surface area contributed by atoms with Gasteiger partial charge >= 0.3 is 0 Å². The molecule has 98 valence electrons. The molecule has 1 aliphatic rings. The van der Waals surface area contributed by atoms with Crippen molar-refractivity contribution in [2.24, 2.45) is 5.41 Å². The van der Waals surface area contributed by atoms with Gasteiger partial charge in [0.05, 0.1) is 5.88 Å². The third-order valence-corrected chi connectivity index (χ3v) is 3.55. The Hall–Kier alpha value is -0.710. The number of hydrogen-bond donors (Lipinski definition) is 1. The van der Waals surface area contributed by atoms with Crippen molar-refractivity contribution in [1.29, 1.82) is 0 Å². The number of carbonyl (C=O) groups is 2. The highest BCUT2D eigenvalue weighted by atomic mass is 32.2. The van der Waals surface area contributed by atoms with Crippen molar-refractivity contribution in [2.75, 3.05) is 18.2 Å². The Morgan fingerprint density at radius 1 is 1.41 bits per heavy atom. The summed E-state index contributed by atoms with van der Waals surface area (Å²) in [6.07, 6.45) is 0.490. The SMILES string of the molecule is CCNC(=O)[C@@H]1CSCN1C(=O)CC(C)(C)C. The van der Waals surface area contributed by atoms with Crippen LogP contribution >= 0.6 is 11.8 Å². The second kappa shape index (κ2) is 5.76. The molecule has 1 heterocycles. The van der Waals surface area contributed by atoms with Crippen molar-refractivity contribution in [3.63, 3.8) is 0 Å². The highest BCUT2D eigenvalue weighted by molar-refractivity contribution is 7.99. The van der Waals surface area contributed by atoms with Crippen LogP contribution in [-0.2, 0) is 9.59 Å². The zero-order chi connectivity index (χ0) is 13.1. The van der Waals surface area contributed by atoms with Gasteiger partial charge in [0.15, 0.2) is 0 Å². The molecule has 2 amide bonds. The molecule has 0 saturated carbocycles. The first kappa shape index (κ1) is 14.4.